The first-order valence-electron chi connectivity index (χ1n) is 30.6. The summed E-state index contributed by atoms with van der Waals surface area (Å²) in [5.41, 5.74) is 0. The predicted octanol–water partition coefficient (Wildman–Crippen LogP) is 20.6. The third-order valence-corrected chi connectivity index (χ3v) is 13.6. The van der Waals surface area contributed by atoms with Crippen LogP contribution >= 0.6 is 0 Å². The summed E-state index contributed by atoms with van der Waals surface area (Å²) in [6, 6.07) is 0. The highest BCUT2D eigenvalue weighted by Gasteiger charge is 2.19. The van der Waals surface area contributed by atoms with Gasteiger partial charge < -0.3 is 14.2 Å². The first-order chi connectivity index (χ1) is 34.5. The van der Waals surface area contributed by atoms with E-state index >= 15 is 0 Å². The minimum Gasteiger partial charge on any atom is -0.462 e. The number of esters is 3. The van der Waals surface area contributed by atoms with E-state index in [-0.39, 0.29) is 31.1 Å². The largest absolute Gasteiger partial charge is 0.462 e. The van der Waals surface area contributed by atoms with E-state index in [1.165, 1.54) is 186 Å². The summed E-state index contributed by atoms with van der Waals surface area (Å²) in [5, 5.41) is 0. The maximum Gasteiger partial charge on any atom is 0.306 e. The molecule has 0 aromatic heterocycles. The molecule has 0 bridgehead atoms. The summed E-state index contributed by atoms with van der Waals surface area (Å²) in [7, 11) is 0. The van der Waals surface area contributed by atoms with Crippen molar-refractivity contribution in [3.8, 4) is 0 Å². The molecule has 1 atom stereocenters. The van der Waals surface area contributed by atoms with Gasteiger partial charge in [-0.1, -0.05) is 294 Å². The highest BCUT2D eigenvalue weighted by atomic mass is 16.6. The number of unbranched alkanes of at least 4 members (excludes halogenated alkanes) is 37. The lowest BCUT2D eigenvalue weighted by molar-refractivity contribution is -0.167. The van der Waals surface area contributed by atoms with E-state index in [1.807, 2.05) is 0 Å². The molecule has 0 aliphatic carbocycles. The Morgan fingerprint density at radius 3 is 0.871 bits per heavy atom. The Morgan fingerprint density at radius 1 is 0.300 bits per heavy atom. The highest BCUT2D eigenvalue weighted by molar-refractivity contribution is 5.71. The van der Waals surface area contributed by atoms with E-state index in [0.717, 1.165) is 96.3 Å². The van der Waals surface area contributed by atoms with Crippen molar-refractivity contribution in [2.45, 2.75) is 329 Å². The molecule has 0 spiro atoms. The quantitative estimate of drug-likeness (QED) is 0.0261. The van der Waals surface area contributed by atoms with Gasteiger partial charge in [0.25, 0.3) is 0 Å². The highest BCUT2D eigenvalue weighted by Crippen LogP contribution is 2.17. The van der Waals surface area contributed by atoms with Crippen molar-refractivity contribution >= 4 is 17.9 Å². The molecular weight excluding hydrogens is 865 g/mol. The molecule has 70 heavy (non-hydrogen) atoms. The average molecular weight is 982 g/mol. The van der Waals surface area contributed by atoms with Gasteiger partial charge >= 0.3 is 17.9 Å². The Balaban J connectivity index is 4.37. The zero-order chi connectivity index (χ0) is 50.7. The molecular formula is C64H116O6. The molecule has 0 aliphatic heterocycles. The summed E-state index contributed by atoms with van der Waals surface area (Å²) in [6.45, 7) is 6.56. The van der Waals surface area contributed by atoms with Crippen LogP contribution in [-0.4, -0.2) is 37.2 Å². The van der Waals surface area contributed by atoms with Crippen LogP contribution in [-0.2, 0) is 28.6 Å². The Labute approximate surface area is 435 Å². The topological polar surface area (TPSA) is 78.9 Å². The van der Waals surface area contributed by atoms with E-state index < -0.39 is 6.10 Å². The summed E-state index contributed by atoms with van der Waals surface area (Å²) >= 11 is 0. The van der Waals surface area contributed by atoms with Gasteiger partial charge in [0.2, 0.25) is 0 Å². The summed E-state index contributed by atoms with van der Waals surface area (Å²) in [4.78, 5) is 38.3. The Bertz CT molecular complexity index is 1220. The van der Waals surface area contributed by atoms with Gasteiger partial charge in [-0.25, -0.2) is 0 Å². The van der Waals surface area contributed by atoms with Crippen molar-refractivity contribution in [1.29, 1.82) is 0 Å². The minimum atomic E-state index is -0.783. The zero-order valence-electron chi connectivity index (χ0n) is 46.8. The first-order valence-corrected chi connectivity index (χ1v) is 30.6. The fourth-order valence-electron chi connectivity index (χ4n) is 9.02. The van der Waals surface area contributed by atoms with Crippen molar-refractivity contribution < 1.29 is 28.6 Å². The molecule has 0 N–H and O–H groups in total. The summed E-state index contributed by atoms with van der Waals surface area (Å²) < 4.78 is 16.9. The van der Waals surface area contributed by atoms with E-state index in [1.54, 1.807) is 0 Å². The Morgan fingerprint density at radius 2 is 0.557 bits per heavy atom. The monoisotopic (exact) mass is 981 g/mol. The number of carbonyl (C=O) groups excluding carboxylic acids is 3. The number of hydrogen-bond acceptors (Lipinski definition) is 6. The van der Waals surface area contributed by atoms with E-state index in [2.05, 4.69) is 69.4 Å². The van der Waals surface area contributed by atoms with Crippen LogP contribution in [0, 0.1) is 0 Å². The molecule has 0 aromatic rings. The minimum absolute atomic E-state index is 0.0785. The Kier molecular flexibility index (Phi) is 56.7. The molecule has 0 saturated heterocycles. The smallest absolute Gasteiger partial charge is 0.306 e. The van der Waals surface area contributed by atoms with Crippen molar-refractivity contribution in [2.75, 3.05) is 13.2 Å². The van der Waals surface area contributed by atoms with Crippen LogP contribution in [0.25, 0.3) is 0 Å². The van der Waals surface area contributed by atoms with E-state index in [4.69, 9.17) is 14.2 Å². The maximum absolute atomic E-state index is 12.9. The molecule has 6 heteroatoms. The zero-order valence-corrected chi connectivity index (χ0v) is 46.8. The van der Waals surface area contributed by atoms with Gasteiger partial charge in [0, 0.05) is 19.3 Å². The fraction of sp³-hybridized carbons (Fsp3) is 0.828. The molecule has 6 nitrogen and oxygen atoms in total. The van der Waals surface area contributed by atoms with Crippen molar-refractivity contribution in [3.63, 3.8) is 0 Å². The molecule has 0 radical (unpaired) electrons. The third kappa shape index (κ3) is 56.3. The van der Waals surface area contributed by atoms with Gasteiger partial charge in [-0.3, -0.25) is 14.4 Å². The lowest BCUT2D eigenvalue weighted by Crippen LogP contribution is -2.30. The molecule has 408 valence electrons. The molecule has 0 heterocycles. The number of ether oxygens (including phenoxy) is 3. The fourth-order valence-corrected chi connectivity index (χ4v) is 9.02. The van der Waals surface area contributed by atoms with Gasteiger partial charge in [-0.15, -0.1) is 0 Å². The third-order valence-electron chi connectivity index (χ3n) is 13.6. The van der Waals surface area contributed by atoms with E-state index in [0.29, 0.717) is 19.3 Å². The van der Waals surface area contributed by atoms with Crippen LogP contribution < -0.4 is 0 Å². The van der Waals surface area contributed by atoms with Crippen molar-refractivity contribution in [1.82, 2.24) is 0 Å². The number of hydrogen-bond donors (Lipinski definition) is 0. The van der Waals surface area contributed by atoms with Crippen LogP contribution in [0.3, 0.4) is 0 Å². The van der Waals surface area contributed by atoms with Crippen LogP contribution in [0.1, 0.15) is 323 Å². The second-order valence-electron chi connectivity index (χ2n) is 20.6. The lowest BCUT2D eigenvalue weighted by Gasteiger charge is -2.18. The standard InChI is InChI=1S/C64H116O6/c1-4-7-10-13-16-19-22-25-28-31-34-36-39-42-45-48-51-54-57-63(66)69-60-61(70-64(67)58-55-52-49-46-43-40-37-33-30-27-24-21-18-15-12-9-6-3)59-68-62(65)56-53-50-47-44-41-38-35-32-29-26-23-20-17-14-11-8-5-2/h9,12,18,21,27,30,37,40,61H,4-8,10-11,13-17,19-20,22-26,28-29,31-36,38-39,41-60H2,1-3H3/b12-9-,21-18-,30-27-,40-37-. The second-order valence-corrected chi connectivity index (χ2v) is 20.6. The van der Waals surface area contributed by atoms with Gasteiger partial charge in [0.15, 0.2) is 6.10 Å². The van der Waals surface area contributed by atoms with Gasteiger partial charge in [0.05, 0.1) is 0 Å². The predicted molar refractivity (Wildman–Crippen MR) is 302 cm³/mol. The summed E-state index contributed by atoms with van der Waals surface area (Å²) in [5.74, 6) is -0.881. The van der Waals surface area contributed by atoms with Gasteiger partial charge in [-0.05, 0) is 57.8 Å². The average Bonchev–Trinajstić information content (AvgIpc) is 3.36. The van der Waals surface area contributed by atoms with Crippen LogP contribution in [0.4, 0.5) is 0 Å². The molecule has 0 aromatic carbocycles. The van der Waals surface area contributed by atoms with Crippen LogP contribution in [0.15, 0.2) is 48.6 Å². The van der Waals surface area contributed by atoms with Gasteiger partial charge in [-0.2, -0.15) is 0 Å². The molecule has 0 fully saturated rings. The normalized spacial score (nSPS) is 12.3. The maximum atomic E-state index is 12.9. The van der Waals surface area contributed by atoms with Crippen molar-refractivity contribution in [3.05, 3.63) is 48.6 Å². The first kappa shape index (κ1) is 67.4. The summed E-state index contributed by atoms with van der Waals surface area (Å²) in [6.07, 6.45) is 72.5. The molecule has 0 aliphatic rings. The lowest BCUT2D eigenvalue weighted by atomic mass is 10.0. The SMILES string of the molecule is CC/C=C\C/C=C\C/C=C\C/C=C\CCCCCCC(=O)OC(COC(=O)CCCCCCCCCCCCCCCCCCC)COC(=O)CCCCCCCCCCCCCCCCCCCC. The molecule has 1 unspecified atom stereocenters. The Hall–Kier alpha value is -2.63. The molecule has 0 saturated carbocycles. The number of carbonyl (C=O) groups is 3. The van der Waals surface area contributed by atoms with Crippen molar-refractivity contribution in [2.24, 2.45) is 0 Å². The van der Waals surface area contributed by atoms with Crippen LogP contribution in [0.5, 0.6) is 0 Å². The van der Waals surface area contributed by atoms with Crippen LogP contribution in [0.2, 0.25) is 0 Å². The molecule has 0 rings (SSSR count). The molecule has 0 amide bonds. The number of allylic oxidation sites excluding steroid dienone is 8. The van der Waals surface area contributed by atoms with E-state index in [9.17, 15) is 14.4 Å². The number of rotatable bonds is 56. The second kappa shape index (κ2) is 58.9. The van der Waals surface area contributed by atoms with Gasteiger partial charge in [0.1, 0.15) is 13.2 Å².